The molecule has 21 heavy (non-hydrogen) atoms. The van der Waals surface area contributed by atoms with Gasteiger partial charge in [0.1, 0.15) is 5.75 Å². The summed E-state index contributed by atoms with van der Waals surface area (Å²) in [6.45, 7) is 4.82. The Balaban J connectivity index is 0.00000400. The molecule has 0 aliphatic rings. The molecule has 0 saturated heterocycles. The average Bonchev–Trinajstić information content (AvgIpc) is 2.43. The number of ether oxygens (including phenoxy) is 1. The van der Waals surface area contributed by atoms with Crippen LogP contribution in [0, 0.1) is 5.92 Å². The SMILES string of the molecule is CC(C)C(N)CCN(C)C(=O)COc1ccc(Cl)cc1.Cl. The summed E-state index contributed by atoms with van der Waals surface area (Å²) in [7, 11) is 1.76. The summed E-state index contributed by atoms with van der Waals surface area (Å²) in [4.78, 5) is 13.6. The van der Waals surface area contributed by atoms with E-state index < -0.39 is 0 Å². The van der Waals surface area contributed by atoms with Gasteiger partial charge in [-0.25, -0.2) is 0 Å². The number of carbonyl (C=O) groups is 1. The third kappa shape index (κ3) is 7.55. The Morgan fingerprint density at radius 3 is 2.43 bits per heavy atom. The van der Waals surface area contributed by atoms with Gasteiger partial charge in [-0.15, -0.1) is 12.4 Å². The molecule has 0 fully saturated rings. The van der Waals surface area contributed by atoms with Crippen LogP contribution in [0.1, 0.15) is 20.3 Å². The Morgan fingerprint density at radius 1 is 1.33 bits per heavy atom. The monoisotopic (exact) mass is 334 g/mol. The van der Waals surface area contributed by atoms with Crippen LogP contribution in [0.3, 0.4) is 0 Å². The van der Waals surface area contributed by atoms with Crippen molar-refractivity contribution in [1.29, 1.82) is 0 Å². The minimum Gasteiger partial charge on any atom is -0.484 e. The second kappa shape index (κ2) is 9.87. The van der Waals surface area contributed by atoms with E-state index in [0.29, 0.717) is 23.2 Å². The Labute approximate surface area is 138 Å². The van der Waals surface area contributed by atoms with Crippen molar-refractivity contribution in [3.8, 4) is 5.75 Å². The van der Waals surface area contributed by atoms with Crippen LogP contribution < -0.4 is 10.5 Å². The van der Waals surface area contributed by atoms with Gasteiger partial charge in [0, 0.05) is 24.7 Å². The van der Waals surface area contributed by atoms with Gasteiger partial charge in [0.2, 0.25) is 0 Å². The first-order valence-electron chi connectivity index (χ1n) is 6.78. The molecule has 1 atom stereocenters. The standard InChI is InChI=1S/C15H23ClN2O2.ClH/c1-11(2)14(17)8-9-18(3)15(19)10-20-13-6-4-12(16)5-7-13;/h4-7,11,14H,8-10,17H2,1-3H3;1H. The van der Waals surface area contributed by atoms with Crippen molar-refractivity contribution in [3.05, 3.63) is 29.3 Å². The molecule has 4 nitrogen and oxygen atoms in total. The highest BCUT2D eigenvalue weighted by atomic mass is 35.5. The highest BCUT2D eigenvalue weighted by molar-refractivity contribution is 6.30. The lowest BCUT2D eigenvalue weighted by molar-refractivity contribution is -0.132. The number of nitrogens with two attached hydrogens (primary N) is 1. The van der Waals surface area contributed by atoms with Crippen molar-refractivity contribution >= 4 is 29.9 Å². The Bertz CT molecular complexity index is 424. The molecule has 0 aliphatic heterocycles. The molecule has 1 aromatic carbocycles. The number of hydrogen-bond donors (Lipinski definition) is 1. The normalized spacial score (nSPS) is 11.7. The van der Waals surface area contributed by atoms with Crippen LogP contribution in [-0.4, -0.2) is 37.0 Å². The molecule has 6 heteroatoms. The molecule has 120 valence electrons. The van der Waals surface area contributed by atoms with Gasteiger partial charge in [-0.2, -0.15) is 0 Å². The van der Waals surface area contributed by atoms with Gasteiger partial charge in [-0.1, -0.05) is 25.4 Å². The number of halogens is 2. The van der Waals surface area contributed by atoms with Gasteiger partial charge in [-0.05, 0) is 36.6 Å². The molecule has 0 saturated carbocycles. The second-order valence-electron chi connectivity index (χ2n) is 5.25. The first-order chi connectivity index (χ1) is 9.40. The van der Waals surface area contributed by atoms with E-state index in [1.165, 1.54) is 0 Å². The van der Waals surface area contributed by atoms with Gasteiger partial charge in [-0.3, -0.25) is 4.79 Å². The molecule has 1 rings (SSSR count). The summed E-state index contributed by atoms with van der Waals surface area (Å²) in [5, 5.41) is 0.642. The maximum atomic E-state index is 11.9. The molecule has 0 spiro atoms. The lowest BCUT2D eigenvalue weighted by atomic mass is 10.0. The van der Waals surface area contributed by atoms with E-state index in [0.717, 1.165) is 6.42 Å². The topological polar surface area (TPSA) is 55.6 Å². The number of likely N-dealkylation sites (N-methyl/N-ethyl adjacent to an activating group) is 1. The van der Waals surface area contributed by atoms with E-state index in [4.69, 9.17) is 22.1 Å². The zero-order valence-electron chi connectivity index (χ0n) is 12.7. The minimum atomic E-state index is -0.0593. The summed E-state index contributed by atoms with van der Waals surface area (Å²) in [5.74, 6) is 0.995. The van der Waals surface area contributed by atoms with E-state index in [1.807, 2.05) is 0 Å². The number of nitrogens with zero attached hydrogens (tertiary/aromatic N) is 1. The minimum absolute atomic E-state index is 0. The van der Waals surface area contributed by atoms with Crippen LogP contribution in [0.15, 0.2) is 24.3 Å². The first-order valence-corrected chi connectivity index (χ1v) is 7.16. The maximum absolute atomic E-state index is 11.9. The van der Waals surface area contributed by atoms with Gasteiger partial charge in [0.25, 0.3) is 5.91 Å². The molecule has 1 aromatic rings. The zero-order chi connectivity index (χ0) is 15.1. The van der Waals surface area contributed by atoms with E-state index in [9.17, 15) is 4.79 Å². The van der Waals surface area contributed by atoms with Crippen LogP contribution in [0.4, 0.5) is 0 Å². The largest absolute Gasteiger partial charge is 0.484 e. The molecule has 0 aromatic heterocycles. The number of carbonyl (C=O) groups excluding carboxylic acids is 1. The summed E-state index contributed by atoms with van der Waals surface area (Å²) < 4.78 is 5.42. The van der Waals surface area contributed by atoms with Gasteiger partial charge in [0.05, 0.1) is 0 Å². The van der Waals surface area contributed by atoms with Crippen LogP contribution in [0.5, 0.6) is 5.75 Å². The van der Waals surface area contributed by atoms with E-state index in [2.05, 4.69) is 13.8 Å². The van der Waals surface area contributed by atoms with Crippen molar-refractivity contribution in [1.82, 2.24) is 4.90 Å². The summed E-state index contributed by atoms with van der Waals surface area (Å²) in [5.41, 5.74) is 5.96. The van der Waals surface area contributed by atoms with E-state index in [-0.39, 0.29) is 31.0 Å². The molecular weight excluding hydrogens is 311 g/mol. The van der Waals surface area contributed by atoms with Gasteiger partial charge in [0.15, 0.2) is 6.61 Å². The van der Waals surface area contributed by atoms with Crippen molar-refractivity contribution < 1.29 is 9.53 Å². The fourth-order valence-corrected chi connectivity index (χ4v) is 1.71. The lowest BCUT2D eigenvalue weighted by Gasteiger charge is -2.21. The van der Waals surface area contributed by atoms with E-state index >= 15 is 0 Å². The zero-order valence-corrected chi connectivity index (χ0v) is 14.3. The van der Waals surface area contributed by atoms with Gasteiger partial charge < -0.3 is 15.4 Å². The molecule has 1 amide bonds. The summed E-state index contributed by atoms with van der Waals surface area (Å²) in [6.07, 6.45) is 0.793. The lowest BCUT2D eigenvalue weighted by Crippen LogP contribution is -2.36. The van der Waals surface area contributed by atoms with E-state index in [1.54, 1.807) is 36.2 Å². The fourth-order valence-electron chi connectivity index (χ4n) is 1.59. The smallest absolute Gasteiger partial charge is 0.260 e. The third-order valence-electron chi connectivity index (χ3n) is 3.26. The highest BCUT2D eigenvalue weighted by Crippen LogP contribution is 2.15. The molecule has 0 aliphatic carbocycles. The first kappa shape index (κ1) is 20.0. The van der Waals surface area contributed by atoms with Crippen LogP contribution in [-0.2, 0) is 4.79 Å². The quantitative estimate of drug-likeness (QED) is 0.833. The average molecular weight is 335 g/mol. The predicted molar refractivity (Wildman–Crippen MR) is 89.3 cm³/mol. The predicted octanol–water partition coefficient (Wildman–Crippen LogP) is 2.97. The molecular formula is C15H24Cl2N2O2. The molecule has 0 radical (unpaired) electrons. The Hall–Kier alpha value is -0.970. The highest BCUT2D eigenvalue weighted by Gasteiger charge is 2.13. The summed E-state index contributed by atoms with van der Waals surface area (Å²) >= 11 is 5.78. The van der Waals surface area contributed by atoms with Crippen molar-refractivity contribution in [3.63, 3.8) is 0 Å². The molecule has 2 N–H and O–H groups in total. The number of amides is 1. The number of benzene rings is 1. The second-order valence-corrected chi connectivity index (χ2v) is 5.69. The Kier molecular flexibility index (Phi) is 9.42. The van der Waals surface area contributed by atoms with Crippen molar-refractivity contribution in [2.24, 2.45) is 11.7 Å². The Morgan fingerprint density at radius 2 is 1.90 bits per heavy atom. The van der Waals surface area contributed by atoms with Crippen LogP contribution in [0.25, 0.3) is 0 Å². The van der Waals surface area contributed by atoms with Gasteiger partial charge >= 0.3 is 0 Å². The summed E-state index contributed by atoms with van der Waals surface area (Å²) in [6, 6.07) is 7.05. The maximum Gasteiger partial charge on any atom is 0.260 e. The third-order valence-corrected chi connectivity index (χ3v) is 3.51. The number of hydrogen-bond acceptors (Lipinski definition) is 3. The molecule has 1 unspecified atom stereocenters. The van der Waals surface area contributed by atoms with Crippen LogP contribution in [0.2, 0.25) is 5.02 Å². The van der Waals surface area contributed by atoms with Crippen LogP contribution >= 0.6 is 24.0 Å². The van der Waals surface area contributed by atoms with Crippen molar-refractivity contribution in [2.45, 2.75) is 26.3 Å². The van der Waals surface area contributed by atoms with Crippen molar-refractivity contribution in [2.75, 3.05) is 20.2 Å². The molecule has 0 bridgehead atoms. The molecule has 0 heterocycles. The fraction of sp³-hybridized carbons (Fsp3) is 0.533. The number of rotatable bonds is 7.